The number of rotatable bonds is 6. The van der Waals surface area contributed by atoms with Gasteiger partial charge in [-0.25, -0.2) is 4.39 Å². The van der Waals surface area contributed by atoms with Crippen LogP contribution >= 0.6 is 11.6 Å². The van der Waals surface area contributed by atoms with Gasteiger partial charge in [0.15, 0.2) is 0 Å². The van der Waals surface area contributed by atoms with E-state index in [1.807, 2.05) is 30.3 Å². The van der Waals surface area contributed by atoms with Crippen LogP contribution in [0, 0.1) is 0 Å². The Morgan fingerprint density at radius 3 is 2.72 bits per heavy atom. The van der Waals surface area contributed by atoms with Crippen molar-refractivity contribution >= 4 is 17.4 Å². The molecule has 18 heavy (non-hydrogen) atoms. The minimum absolute atomic E-state index is 0.304. The van der Waals surface area contributed by atoms with Gasteiger partial charge in [0.2, 0.25) is 0 Å². The number of alkyl halides is 1. The molecule has 2 rings (SSSR count). The number of benzene rings is 1. The number of hydrogen-bond acceptors (Lipinski definition) is 2. The van der Waals surface area contributed by atoms with E-state index in [-0.39, 0.29) is 0 Å². The van der Waals surface area contributed by atoms with E-state index >= 15 is 0 Å². The summed E-state index contributed by atoms with van der Waals surface area (Å²) in [4.78, 5) is 0. The maximum absolute atomic E-state index is 12.1. The monoisotopic (exact) mass is 267 g/mol. The van der Waals surface area contributed by atoms with Gasteiger partial charge in [0.25, 0.3) is 0 Å². The van der Waals surface area contributed by atoms with E-state index in [2.05, 4.69) is 10.4 Å². The zero-order chi connectivity index (χ0) is 12.8. The van der Waals surface area contributed by atoms with E-state index in [9.17, 15) is 4.39 Å². The van der Waals surface area contributed by atoms with Crippen LogP contribution in [0.5, 0.6) is 0 Å². The Kier molecular flexibility index (Phi) is 4.59. The van der Waals surface area contributed by atoms with E-state index in [1.165, 1.54) is 5.56 Å². The van der Waals surface area contributed by atoms with Crippen molar-refractivity contribution in [2.24, 2.45) is 0 Å². The summed E-state index contributed by atoms with van der Waals surface area (Å²) < 4.78 is 13.7. The Morgan fingerprint density at radius 2 is 2.00 bits per heavy atom. The zero-order valence-corrected chi connectivity index (χ0v) is 10.7. The number of anilines is 1. The molecule has 0 aliphatic carbocycles. The Bertz CT molecular complexity index is 481. The lowest BCUT2D eigenvalue weighted by Crippen LogP contribution is -2.06. The van der Waals surface area contributed by atoms with Gasteiger partial charge in [0.05, 0.1) is 6.54 Å². The Labute approximate surface area is 111 Å². The Morgan fingerprint density at radius 1 is 1.22 bits per heavy atom. The molecule has 0 radical (unpaired) electrons. The lowest BCUT2D eigenvalue weighted by molar-refractivity contribution is 0.427. The molecule has 0 fully saturated rings. The highest BCUT2D eigenvalue weighted by atomic mass is 35.5. The molecule has 0 amide bonds. The van der Waals surface area contributed by atoms with Gasteiger partial charge >= 0.3 is 0 Å². The van der Waals surface area contributed by atoms with E-state index in [4.69, 9.17) is 11.6 Å². The third-order valence-electron chi connectivity index (χ3n) is 2.59. The molecule has 1 aromatic heterocycles. The van der Waals surface area contributed by atoms with E-state index in [1.54, 1.807) is 10.9 Å². The normalized spacial score (nSPS) is 10.6. The van der Waals surface area contributed by atoms with Gasteiger partial charge in [0, 0.05) is 23.8 Å². The molecule has 1 aromatic carbocycles. The van der Waals surface area contributed by atoms with Crippen molar-refractivity contribution in [3.05, 3.63) is 47.1 Å². The first-order valence-corrected chi connectivity index (χ1v) is 6.23. The van der Waals surface area contributed by atoms with Crippen LogP contribution in [0.4, 0.5) is 10.2 Å². The fraction of sp³-hybridized carbons (Fsp3) is 0.308. The van der Waals surface area contributed by atoms with Crippen LogP contribution in [0.1, 0.15) is 5.56 Å². The number of aromatic nitrogens is 2. The molecule has 0 saturated heterocycles. The highest BCUT2D eigenvalue weighted by molar-refractivity contribution is 6.30. The van der Waals surface area contributed by atoms with Crippen molar-refractivity contribution in [3.8, 4) is 0 Å². The fourth-order valence-corrected chi connectivity index (χ4v) is 1.78. The van der Waals surface area contributed by atoms with E-state index < -0.39 is 6.67 Å². The number of nitrogens with zero attached hydrogens (tertiary/aromatic N) is 2. The average molecular weight is 268 g/mol. The van der Waals surface area contributed by atoms with Crippen LogP contribution in [0.3, 0.4) is 0 Å². The molecular weight excluding hydrogens is 253 g/mol. The summed E-state index contributed by atoms with van der Waals surface area (Å²) in [6, 6.07) is 9.62. The van der Waals surface area contributed by atoms with Crippen molar-refractivity contribution in [3.63, 3.8) is 0 Å². The lowest BCUT2D eigenvalue weighted by atomic mass is 10.1. The topological polar surface area (TPSA) is 29.9 Å². The average Bonchev–Trinajstić information content (AvgIpc) is 2.80. The molecule has 3 nitrogen and oxygen atoms in total. The highest BCUT2D eigenvalue weighted by Gasteiger charge is 1.98. The molecule has 5 heteroatoms. The van der Waals surface area contributed by atoms with Gasteiger partial charge in [-0.1, -0.05) is 23.7 Å². The van der Waals surface area contributed by atoms with Crippen LogP contribution in [0.2, 0.25) is 5.02 Å². The molecule has 0 unspecified atom stereocenters. The summed E-state index contributed by atoms with van der Waals surface area (Å²) in [5.74, 6) is 0.775. The molecule has 2 aromatic rings. The van der Waals surface area contributed by atoms with Gasteiger partial charge in [-0.05, 0) is 24.1 Å². The number of halogens is 2. The Balaban J connectivity index is 1.79. The predicted octanol–water partition coefficient (Wildman–Crippen LogP) is 3.16. The molecule has 1 heterocycles. The summed E-state index contributed by atoms with van der Waals surface area (Å²) in [5.41, 5.74) is 1.22. The summed E-state index contributed by atoms with van der Waals surface area (Å²) in [7, 11) is 0. The van der Waals surface area contributed by atoms with Gasteiger partial charge in [-0.15, -0.1) is 0 Å². The first kappa shape index (κ1) is 12.9. The van der Waals surface area contributed by atoms with Gasteiger partial charge in [-0.3, -0.25) is 4.68 Å². The number of hydrogen-bond donors (Lipinski definition) is 1. The minimum atomic E-state index is -0.397. The van der Waals surface area contributed by atoms with Crippen LogP contribution in [-0.2, 0) is 13.0 Å². The van der Waals surface area contributed by atoms with Crippen molar-refractivity contribution in [1.82, 2.24) is 9.78 Å². The second-order valence-corrected chi connectivity index (χ2v) is 4.39. The van der Waals surface area contributed by atoms with Crippen molar-refractivity contribution in [1.29, 1.82) is 0 Å². The maximum Gasteiger partial charge on any atom is 0.147 e. The van der Waals surface area contributed by atoms with Crippen LogP contribution in [0.15, 0.2) is 36.5 Å². The fourth-order valence-electron chi connectivity index (χ4n) is 1.65. The zero-order valence-electron chi connectivity index (χ0n) is 9.94. The van der Waals surface area contributed by atoms with Gasteiger partial charge in [-0.2, -0.15) is 5.10 Å². The molecule has 0 bridgehead atoms. The molecule has 0 aliphatic rings. The van der Waals surface area contributed by atoms with Crippen LogP contribution < -0.4 is 5.32 Å². The largest absolute Gasteiger partial charge is 0.368 e. The summed E-state index contributed by atoms with van der Waals surface area (Å²) in [5, 5.41) is 8.14. The van der Waals surface area contributed by atoms with Crippen LogP contribution in [-0.4, -0.2) is 23.0 Å². The van der Waals surface area contributed by atoms with Crippen molar-refractivity contribution in [2.75, 3.05) is 18.5 Å². The molecule has 0 spiro atoms. The summed E-state index contributed by atoms with van der Waals surface area (Å²) >= 11 is 5.82. The van der Waals surface area contributed by atoms with E-state index in [0.29, 0.717) is 6.54 Å². The first-order chi connectivity index (χ1) is 8.78. The second kappa shape index (κ2) is 6.40. The highest BCUT2D eigenvalue weighted by Crippen LogP contribution is 2.10. The number of aryl methyl sites for hydroxylation is 1. The summed E-state index contributed by atoms with van der Waals surface area (Å²) in [6.07, 6.45) is 2.66. The number of nitrogens with one attached hydrogen (secondary N) is 1. The second-order valence-electron chi connectivity index (χ2n) is 3.96. The quantitative estimate of drug-likeness (QED) is 0.871. The van der Waals surface area contributed by atoms with Gasteiger partial charge < -0.3 is 5.32 Å². The molecule has 0 atom stereocenters. The van der Waals surface area contributed by atoms with Crippen molar-refractivity contribution < 1.29 is 4.39 Å². The smallest absolute Gasteiger partial charge is 0.147 e. The molecule has 1 N–H and O–H groups in total. The summed E-state index contributed by atoms with van der Waals surface area (Å²) in [6.45, 7) is 0.693. The third kappa shape index (κ3) is 3.74. The van der Waals surface area contributed by atoms with Gasteiger partial charge in [0.1, 0.15) is 12.5 Å². The minimum Gasteiger partial charge on any atom is -0.368 e. The molecule has 0 aliphatic heterocycles. The van der Waals surface area contributed by atoms with Crippen molar-refractivity contribution in [2.45, 2.75) is 13.0 Å². The molecule has 96 valence electrons. The van der Waals surface area contributed by atoms with E-state index in [0.717, 1.165) is 23.8 Å². The predicted molar refractivity (Wildman–Crippen MR) is 71.8 cm³/mol. The first-order valence-electron chi connectivity index (χ1n) is 5.85. The van der Waals surface area contributed by atoms with Crippen LogP contribution in [0.25, 0.3) is 0 Å². The third-order valence-corrected chi connectivity index (χ3v) is 2.84. The Hall–Kier alpha value is -1.55. The standard InChI is InChI=1S/C13H15ClFN3/c14-12-3-1-11(2-4-12)5-8-16-13-6-9-18(17-13)10-7-15/h1-4,6,9H,5,7-8,10H2,(H,16,17). The molecular formula is C13H15ClFN3. The maximum atomic E-state index is 12.1. The SMILES string of the molecule is FCCn1ccc(NCCc2ccc(Cl)cc2)n1. The lowest BCUT2D eigenvalue weighted by Gasteiger charge is -2.03. The molecule has 0 saturated carbocycles.